The zero-order valence-electron chi connectivity index (χ0n) is 12.4. The quantitative estimate of drug-likeness (QED) is 0.890. The number of benzene rings is 2. The Morgan fingerprint density at radius 2 is 2.00 bits per heavy atom. The van der Waals surface area contributed by atoms with E-state index in [0.717, 1.165) is 10.5 Å². The Hall–Kier alpha value is -1.98. The molecule has 1 atom stereocenters. The summed E-state index contributed by atoms with van der Waals surface area (Å²) in [5.74, 6) is -0.221. The highest BCUT2D eigenvalue weighted by Gasteiger charge is 2.23. The van der Waals surface area contributed by atoms with Crippen molar-refractivity contribution in [1.29, 1.82) is 0 Å². The number of rotatable bonds is 3. The predicted octanol–water partition coefficient (Wildman–Crippen LogP) is 3.70. The number of hydrogen-bond acceptors (Lipinski definition) is 3. The maximum absolute atomic E-state index is 12.3. The molecule has 2 aromatic rings. The molecule has 2 aromatic carbocycles. The number of anilines is 1. The fourth-order valence-electron chi connectivity index (χ4n) is 2.24. The van der Waals surface area contributed by atoms with Crippen LogP contribution in [0.3, 0.4) is 0 Å². The molecule has 0 saturated carbocycles. The first-order valence-corrected chi connectivity index (χ1v) is 8.43. The van der Waals surface area contributed by atoms with E-state index >= 15 is 0 Å². The Labute approximate surface area is 143 Å². The Kier molecular flexibility index (Phi) is 4.59. The van der Waals surface area contributed by atoms with Gasteiger partial charge in [-0.15, -0.1) is 11.8 Å². The van der Waals surface area contributed by atoms with Gasteiger partial charge in [0.1, 0.15) is 0 Å². The largest absolute Gasteiger partial charge is 0.348 e. The average Bonchev–Trinajstić information content (AvgIpc) is 2.54. The second kappa shape index (κ2) is 6.64. The van der Waals surface area contributed by atoms with Gasteiger partial charge >= 0.3 is 0 Å². The van der Waals surface area contributed by atoms with Crippen LogP contribution in [0.5, 0.6) is 0 Å². The number of nitrogens with one attached hydrogen (secondary N) is 2. The average molecular weight is 347 g/mol. The molecule has 0 aromatic heterocycles. The molecule has 0 aliphatic carbocycles. The van der Waals surface area contributed by atoms with E-state index in [1.165, 1.54) is 11.8 Å². The topological polar surface area (TPSA) is 58.2 Å². The molecule has 0 spiro atoms. The second-order valence-electron chi connectivity index (χ2n) is 5.27. The Balaban J connectivity index is 1.69. The van der Waals surface area contributed by atoms with E-state index < -0.39 is 0 Å². The third kappa shape index (κ3) is 3.68. The highest BCUT2D eigenvalue weighted by Crippen LogP contribution is 2.35. The monoisotopic (exact) mass is 346 g/mol. The van der Waals surface area contributed by atoms with Crippen molar-refractivity contribution < 1.29 is 9.59 Å². The fraction of sp³-hybridized carbons (Fsp3) is 0.176. The number of hydrogen-bond donors (Lipinski definition) is 2. The standard InChI is InChI=1S/C17H15ClN2O2S/c1-10-16(21)20-14-8-12(4-7-15(14)23-10)17(22)19-9-11-2-5-13(18)6-3-11/h2-8,10H,9H2,1H3,(H,19,22)(H,20,21). The molecule has 2 amide bonds. The van der Waals surface area contributed by atoms with Gasteiger partial charge in [0.25, 0.3) is 5.91 Å². The zero-order chi connectivity index (χ0) is 16.4. The number of thioether (sulfide) groups is 1. The van der Waals surface area contributed by atoms with Crippen LogP contribution in [0.1, 0.15) is 22.8 Å². The molecular weight excluding hydrogens is 332 g/mol. The van der Waals surface area contributed by atoms with E-state index in [0.29, 0.717) is 22.8 Å². The molecule has 0 fully saturated rings. The molecule has 0 bridgehead atoms. The summed E-state index contributed by atoms with van der Waals surface area (Å²) in [6.45, 7) is 2.28. The summed E-state index contributed by atoms with van der Waals surface area (Å²) in [6, 6.07) is 12.7. The van der Waals surface area contributed by atoms with E-state index in [9.17, 15) is 9.59 Å². The van der Waals surface area contributed by atoms with Crippen LogP contribution in [0.25, 0.3) is 0 Å². The Morgan fingerprint density at radius 3 is 2.74 bits per heavy atom. The van der Waals surface area contributed by atoms with Crippen molar-refractivity contribution in [3.05, 3.63) is 58.6 Å². The predicted molar refractivity (Wildman–Crippen MR) is 93.0 cm³/mol. The van der Waals surface area contributed by atoms with Gasteiger partial charge in [0.2, 0.25) is 5.91 Å². The van der Waals surface area contributed by atoms with Crippen molar-refractivity contribution >= 4 is 40.9 Å². The summed E-state index contributed by atoms with van der Waals surface area (Å²) in [6.07, 6.45) is 0. The SMILES string of the molecule is CC1Sc2ccc(C(=O)NCc3ccc(Cl)cc3)cc2NC1=O. The number of carbonyl (C=O) groups is 2. The summed E-state index contributed by atoms with van der Waals surface area (Å²) in [5.41, 5.74) is 2.18. The van der Waals surface area contributed by atoms with Gasteiger partial charge in [-0.05, 0) is 42.8 Å². The van der Waals surface area contributed by atoms with Gasteiger partial charge in [0.05, 0.1) is 10.9 Å². The molecule has 3 rings (SSSR count). The molecule has 4 nitrogen and oxygen atoms in total. The first-order chi connectivity index (χ1) is 11.0. The summed E-state index contributed by atoms with van der Waals surface area (Å²) in [4.78, 5) is 25.0. The zero-order valence-corrected chi connectivity index (χ0v) is 14.0. The van der Waals surface area contributed by atoms with Crippen LogP contribution >= 0.6 is 23.4 Å². The minimum Gasteiger partial charge on any atom is -0.348 e. The van der Waals surface area contributed by atoms with Gasteiger partial charge in [-0.25, -0.2) is 0 Å². The number of halogens is 1. The molecular formula is C17H15ClN2O2S. The minimum atomic E-state index is -0.180. The molecule has 2 N–H and O–H groups in total. The lowest BCUT2D eigenvalue weighted by Crippen LogP contribution is -2.27. The third-order valence-corrected chi connectivity index (χ3v) is 4.97. The lowest BCUT2D eigenvalue weighted by molar-refractivity contribution is -0.115. The van der Waals surface area contributed by atoms with Crippen molar-refractivity contribution in [1.82, 2.24) is 5.32 Å². The van der Waals surface area contributed by atoms with Gasteiger partial charge in [0.15, 0.2) is 0 Å². The van der Waals surface area contributed by atoms with Gasteiger partial charge < -0.3 is 10.6 Å². The smallest absolute Gasteiger partial charge is 0.251 e. The van der Waals surface area contributed by atoms with Gasteiger partial charge in [-0.3, -0.25) is 9.59 Å². The molecule has 118 valence electrons. The van der Waals surface area contributed by atoms with Crippen LogP contribution in [-0.2, 0) is 11.3 Å². The normalized spacial score (nSPS) is 16.4. The molecule has 1 heterocycles. The molecule has 6 heteroatoms. The lowest BCUT2D eigenvalue weighted by Gasteiger charge is -2.21. The molecule has 23 heavy (non-hydrogen) atoms. The number of fused-ring (bicyclic) bond motifs is 1. The van der Waals surface area contributed by atoms with Gasteiger partial charge in [0, 0.05) is 22.0 Å². The molecule has 1 aliphatic heterocycles. The highest BCUT2D eigenvalue weighted by molar-refractivity contribution is 8.00. The van der Waals surface area contributed by atoms with Crippen LogP contribution in [0, 0.1) is 0 Å². The highest BCUT2D eigenvalue weighted by atomic mass is 35.5. The molecule has 1 aliphatic rings. The second-order valence-corrected chi connectivity index (χ2v) is 7.09. The van der Waals surface area contributed by atoms with E-state index in [2.05, 4.69) is 10.6 Å². The van der Waals surface area contributed by atoms with Crippen LogP contribution in [0.15, 0.2) is 47.4 Å². The first-order valence-electron chi connectivity index (χ1n) is 7.17. The molecule has 1 unspecified atom stereocenters. The van der Waals surface area contributed by atoms with Crippen molar-refractivity contribution in [3.63, 3.8) is 0 Å². The number of carbonyl (C=O) groups excluding carboxylic acids is 2. The van der Waals surface area contributed by atoms with Crippen molar-refractivity contribution in [2.24, 2.45) is 0 Å². The van der Waals surface area contributed by atoms with Crippen LogP contribution < -0.4 is 10.6 Å². The summed E-state index contributed by atoms with van der Waals surface area (Å²) < 4.78 is 0. The van der Waals surface area contributed by atoms with E-state index in [-0.39, 0.29) is 17.1 Å². The van der Waals surface area contributed by atoms with Crippen LogP contribution in [0.4, 0.5) is 5.69 Å². The van der Waals surface area contributed by atoms with Crippen molar-refractivity contribution in [2.75, 3.05) is 5.32 Å². The lowest BCUT2D eigenvalue weighted by atomic mass is 10.1. The van der Waals surface area contributed by atoms with Crippen LogP contribution in [0.2, 0.25) is 5.02 Å². The van der Waals surface area contributed by atoms with E-state index in [1.807, 2.05) is 25.1 Å². The molecule has 0 saturated heterocycles. The first kappa shape index (κ1) is 15.9. The maximum atomic E-state index is 12.3. The van der Waals surface area contributed by atoms with Crippen LogP contribution in [-0.4, -0.2) is 17.1 Å². The maximum Gasteiger partial charge on any atom is 0.251 e. The fourth-order valence-corrected chi connectivity index (χ4v) is 3.29. The third-order valence-electron chi connectivity index (χ3n) is 3.54. The number of amides is 2. The summed E-state index contributed by atoms with van der Waals surface area (Å²) >= 11 is 7.33. The van der Waals surface area contributed by atoms with Gasteiger partial charge in [-0.1, -0.05) is 23.7 Å². The van der Waals surface area contributed by atoms with Gasteiger partial charge in [-0.2, -0.15) is 0 Å². The van der Waals surface area contributed by atoms with Crippen molar-refractivity contribution in [2.45, 2.75) is 23.6 Å². The Bertz CT molecular complexity index is 762. The summed E-state index contributed by atoms with van der Waals surface area (Å²) in [7, 11) is 0. The Morgan fingerprint density at radius 1 is 1.26 bits per heavy atom. The summed E-state index contributed by atoms with van der Waals surface area (Å²) in [5, 5.41) is 6.24. The van der Waals surface area contributed by atoms with E-state index in [1.54, 1.807) is 24.3 Å². The van der Waals surface area contributed by atoms with E-state index in [4.69, 9.17) is 11.6 Å². The minimum absolute atomic E-state index is 0.0405. The van der Waals surface area contributed by atoms with Crippen molar-refractivity contribution in [3.8, 4) is 0 Å². The molecule has 0 radical (unpaired) electrons.